The van der Waals surface area contributed by atoms with Crippen molar-refractivity contribution in [2.75, 3.05) is 6.61 Å². The number of carbonyl (C=O) groups is 1. The molecule has 6 heteroatoms. The summed E-state index contributed by atoms with van der Waals surface area (Å²) >= 11 is 0. The van der Waals surface area contributed by atoms with E-state index in [1.807, 2.05) is 0 Å². The van der Waals surface area contributed by atoms with Gasteiger partial charge in [0, 0.05) is 18.6 Å². The highest BCUT2D eigenvalue weighted by atomic mass is 19.1. The van der Waals surface area contributed by atoms with E-state index in [1.54, 1.807) is 0 Å². The average molecular weight is 296 g/mol. The van der Waals surface area contributed by atoms with Crippen molar-refractivity contribution in [3.63, 3.8) is 0 Å². The van der Waals surface area contributed by atoms with E-state index in [-0.39, 0.29) is 18.6 Å². The zero-order valence-corrected chi connectivity index (χ0v) is 11.6. The normalized spacial score (nSPS) is 17.6. The van der Waals surface area contributed by atoms with E-state index in [2.05, 4.69) is 10.6 Å². The largest absolute Gasteiger partial charge is 0.478 e. The zero-order valence-electron chi connectivity index (χ0n) is 11.6. The van der Waals surface area contributed by atoms with Crippen LogP contribution >= 0.6 is 0 Å². The Balaban J connectivity index is 1.56. The highest BCUT2D eigenvalue weighted by Crippen LogP contribution is 2.25. The van der Waals surface area contributed by atoms with Crippen LogP contribution < -0.4 is 15.4 Å². The van der Waals surface area contributed by atoms with Gasteiger partial charge < -0.3 is 15.4 Å². The van der Waals surface area contributed by atoms with Crippen LogP contribution in [0.2, 0.25) is 0 Å². The Kier molecular flexibility index (Phi) is 4.05. The van der Waals surface area contributed by atoms with E-state index in [9.17, 15) is 13.6 Å². The van der Waals surface area contributed by atoms with Gasteiger partial charge in [-0.25, -0.2) is 8.78 Å². The van der Waals surface area contributed by atoms with Crippen molar-refractivity contribution in [2.24, 2.45) is 0 Å². The summed E-state index contributed by atoms with van der Waals surface area (Å²) in [5.74, 6) is -2.39. The molecular weight excluding hydrogens is 278 g/mol. The molecule has 0 unspecified atom stereocenters. The molecule has 21 heavy (non-hydrogen) atoms. The summed E-state index contributed by atoms with van der Waals surface area (Å²) < 4.78 is 32.7. The van der Waals surface area contributed by atoms with Crippen molar-refractivity contribution in [3.8, 4) is 5.75 Å². The minimum Gasteiger partial charge on any atom is -0.478 e. The lowest BCUT2D eigenvalue weighted by Crippen LogP contribution is -2.30. The summed E-state index contributed by atoms with van der Waals surface area (Å²) in [5.41, 5.74) is 0.534. The van der Waals surface area contributed by atoms with Gasteiger partial charge in [-0.2, -0.15) is 0 Å². The van der Waals surface area contributed by atoms with Gasteiger partial charge in [0.1, 0.15) is 0 Å². The van der Waals surface area contributed by atoms with Gasteiger partial charge in [0.15, 0.2) is 24.0 Å². The maximum atomic E-state index is 13.9. The summed E-state index contributed by atoms with van der Waals surface area (Å²) in [7, 11) is 0. The number of carbonyl (C=O) groups excluding carboxylic acids is 1. The van der Waals surface area contributed by atoms with Crippen molar-refractivity contribution < 1.29 is 18.3 Å². The molecule has 0 aliphatic heterocycles. The highest BCUT2D eigenvalue weighted by Gasteiger charge is 2.24. The zero-order chi connectivity index (χ0) is 14.8. The summed E-state index contributed by atoms with van der Waals surface area (Å²) in [6.45, 7) is 0.0605. The van der Waals surface area contributed by atoms with Gasteiger partial charge in [0.25, 0.3) is 5.91 Å². The van der Waals surface area contributed by atoms with Gasteiger partial charge in [-0.05, 0) is 43.4 Å². The smallest absolute Gasteiger partial charge is 0.258 e. The van der Waals surface area contributed by atoms with Gasteiger partial charge in [-0.1, -0.05) is 0 Å². The molecule has 0 aromatic heterocycles. The molecule has 1 amide bonds. The Bertz CT molecular complexity index is 519. The number of hydrogen-bond donors (Lipinski definition) is 2. The SMILES string of the molecule is O=C(COc1c(F)cc(CNC2CC2)cc1F)NC1CC1. The second-order valence-electron chi connectivity index (χ2n) is 5.67. The fourth-order valence-corrected chi connectivity index (χ4v) is 2.04. The molecule has 1 aromatic carbocycles. The van der Waals surface area contributed by atoms with E-state index >= 15 is 0 Å². The first-order chi connectivity index (χ1) is 10.1. The van der Waals surface area contributed by atoms with E-state index in [0.717, 1.165) is 25.7 Å². The van der Waals surface area contributed by atoms with Gasteiger partial charge in [-0.15, -0.1) is 0 Å². The summed E-state index contributed by atoms with van der Waals surface area (Å²) in [4.78, 5) is 11.4. The topological polar surface area (TPSA) is 50.4 Å². The monoisotopic (exact) mass is 296 g/mol. The van der Waals surface area contributed by atoms with Gasteiger partial charge >= 0.3 is 0 Å². The third-order valence-corrected chi connectivity index (χ3v) is 3.52. The molecular formula is C15H18F2N2O2. The molecule has 0 spiro atoms. The van der Waals surface area contributed by atoms with Crippen LogP contribution in [0.25, 0.3) is 0 Å². The number of nitrogens with one attached hydrogen (secondary N) is 2. The second kappa shape index (κ2) is 5.97. The van der Waals surface area contributed by atoms with Crippen LogP contribution in [0.15, 0.2) is 12.1 Å². The summed E-state index contributed by atoms with van der Waals surface area (Å²) in [5, 5.41) is 5.88. The van der Waals surface area contributed by atoms with Gasteiger partial charge in [0.05, 0.1) is 0 Å². The van der Waals surface area contributed by atoms with Crippen LogP contribution in [0.5, 0.6) is 5.75 Å². The Morgan fingerprint density at radius 2 is 1.76 bits per heavy atom. The maximum Gasteiger partial charge on any atom is 0.258 e. The number of amides is 1. The molecule has 2 aliphatic carbocycles. The molecule has 2 fully saturated rings. The number of hydrogen-bond acceptors (Lipinski definition) is 3. The first-order valence-electron chi connectivity index (χ1n) is 7.25. The van der Waals surface area contributed by atoms with Crippen molar-refractivity contribution in [1.29, 1.82) is 0 Å². The highest BCUT2D eigenvalue weighted by molar-refractivity contribution is 5.78. The van der Waals surface area contributed by atoms with Crippen LogP contribution in [-0.4, -0.2) is 24.6 Å². The number of benzene rings is 1. The molecule has 1 aromatic rings. The third kappa shape index (κ3) is 4.14. The van der Waals surface area contributed by atoms with E-state index in [0.29, 0.717) is 18.2 Å². The van der Waals surface area contributed by atoms with Crippen LogP contribution in [-0.2, 0) is 11.3 Å². The lowest BCUT2D eigenvalue weighted by atomic mass is 10.2. The third-order valence-electron chi connectivity index (χ3n) is 3.52. The summed E-state index contributed by atoms with van der Waals surface area (Å²) in [6.07, 6.45) is 4.14. The first kappa shape index (κ1) is 14.3. The number of ether oxygens (including phenoxy) is 1. The molecule has 2 saturated carbocycles. The fraction of sp³-hybridized carbons (Fsp3) is 0.533. The molecule has 0 radical (unpaired) electrons. The van der Waals surface area contributed by atoms with Crippen molar-refractivity contribution >= 4 is 5.91 Å². The Hall–Kier alpha value is -1.69. The molecule has 0 bridgehead atoms. The van der Waals surface area contributed by atoms with Crippen LogP contribution in [0.4, 0.5) is 8.78 Å². The first-order valence-corrected chi connectivity index (χ1v) is 7.25. The molecule has 4 nitrogen and oxygen atoms in total. The van der Waals surface area contributed by atoms with E-state index in [1.165, 1.54) is 12.1 Å². The minimum atomic E-state index is -0.776. The Morgan fingerprint density at radius 1 is 1.14 bits per heavy atom. The molecule has 114 valence electrons. The second-order valence-corrected chi connectivity index (χ2v) is 5.67. The van der Waals surface area contributed by atoms with Gasteiger partial charge in [0.2, 0.25) is 0 Å². The molecule has 2 N–H and O–H groups in total. The minimum absolute atomic E-state index is 0.201. The van der Waals surface area contributed by atoms with Crippen molar-refractivity contribution in [2.45, 2.75) is 44.3 Å². The predicted octanol–water partition coefficient (Wildman–Crippen LogP) is 1.87. The Labute approximate surface area is 121 Å². The van der Waals surface area contributed by atoms with Crippen LogP contribution in [0.1, 0.15) is 31.2 Å². The standard InChI is InChI=1S/C15H18F2N2O2/c16-12-5-9(7-18-10-1-2-10)6-13(17)15(12)21-8-14(20)19-11-3-4-11/h5-6,10-11,18H,1-4,7-8H2,(H,19,20). The maximum absolute atomic E-state index is 13.9. The van der Waals surface area contributed by atoms with Crippen molar-refractivity contribution in [1.82, 2.24) is 10.6 Å². The average Bonchev–Trinajstić information content (AvgIpc) is 3.30. The fourth-order valence-electron chi connectivity index (χ4n) is 2.04. The number of halogens is 2. The molecule has 0 heterocycles. The van der Waals surface area contributed by atoms with Crippen molar-refractivity contribution in [3.05, 3.63) is 29.3 Å². The molecule has 0 atom stereocenters. The molecule has 3 rings (SSSR count). The number of rotatable bonds is 7. The van der Waals surface area contributed by atoms with E-state index in [4.69, 9.17) is 4.74 Å². The Morgan fingerprint density at radius 3 is 2.33 bits per heavy atom. The van der Waals surface area contributed by atoms with Crippen LogP contribution in [0.3, 0.4) is 0 Å². The molecule has 0 saturated heterocycles. The summed E-state index contributed by atoms with van der Waals surface area (Å²) in [6, 6.07) is 3.16. The van der Waals surface area contributed by atoms with Gasteiger partial charge in [-0.3, -0.25) is 4.79 Å². The quantitative estimate of drug-likeness (QED) is 0.807. The van der Waals surface area contributed by atoms with Crippen LogP contribution in [0, 0.1) is 11.6 Å². The predicted molar refractivity (Wildman–Crippen MR) is 72.9 cm³/mol. The lowest BCUT2D eigenvalue weighted by molar-refractivity contribution is -0.123. The van der Waals surface area contributed by atoms with E-state index < -0.39 is 17.4 Å². The lowest BCUT2D eigenvalue weighted by Gasteiger charge is -2.10. The molecule has 2 aliphatic rings.